The van der Waals surface area contributed by atoms with Crippen LogP contribution in [0.1, 0.15) is 51.5 Å². The fourth-order valence-corrected chi connectivity index (χ4v) is 6.01. The van der Waals surface area contributed by atoms with E-state index in [1.54, 1.807) is 0 Å². The molecule has 6 rings (SSSR count). The summed E-state index contributed by atoms with van der Waals surface area (Å²) >= 11 is 7.06. The number of hydrogen-bond donors (Lipinski definition) is 1. The van der Waals surface area contributed by atoms with Crippen LogP contribution < -0.4 is 5.73 Å². The molecule has 1 aromatic heterocycles. The van der Waals surface area contributed by atoms with Crippen molar-refractivity contribution >= 4 is 34.1 Å². The number of carbonyl (C=O) groups is 1. The molecule has 0 atom stereocenters. The third-order valence-corrected chi connectivity index (χ3v) is 8.55. The van der Waals surface area contributed by atoms with Gasteiger partial charge in [-0.25, -0.2) is 0 Å². The highest BCUT2D eigenvalue weighted by Gasteiger charge is 2.33. The van der Waals surface area contributed by atoms with Crippen molar-refractivity contribution < 1.29 is 9.53 Å². The summed E-state index contributed by atoms with van der Waals surface area (Å²) in [4.78, 5) is 17.9. The summed E-state index contributed by atoms with van der Waals surface area (Å²) in [5.74, 6) is 0.593. The number of fused-ring (bicyclic) bond motifs is 1. The van der Waals surface area contributed by atoms with E-state index in [2.05, 4.69) is 35.6 Å². The molecule has 2 N–H and O–H groups in total. The number of amides is 1. The van der Waals surface area contributed by atoms with Crippen molar-refractivity contribution in [2.75, 3.05) is 45.1 Å². The lowest BCUT2D eigenvalue weighted by Gasteiger charge is -2.42. The molecule has 1 amide bonds. The lowest BCUT2D eigenvalue weighted by Crippen LogP contribution is -2.57. The van der Waals surface area contributed by atoms with Gasteiger partial charge in [0.2, 0.25) is 0 Å². The average molecular weight is 493 g/mol. The number of aromatic nitrogens is 1. The number of hydrogen-bond acceptors (Lipinski definition) is 4. The van der Waals surface area contributed by atoms with Gasteiger partial charge in [-0.3, -0.25) is 9.69 Å². The molecule has 35 heavy (non-hydrogen) atoms. The molecule has 2 saturated heterocycles. The number of nitrogens with zero attached hydrogens (tertiary/aromatic N) is 3. The molecular formula is C28H33ClN4O2. The number of nitrogen functional groups attached to an aromatic ring is 1. The van der Waals surface area contributed by atoms with Crippen LogP contribution in [0.2, 0.25) is 5.02 Å². The summed E-state index contributed by atoms with van der Waals surface area (Å²) in [7, 11) is 2.09. The summed E-state index contributed by atoms with van der Waals surface area (Å²) in [5, 5.41) is 1.83. The van der Waals surface area contributed by atoms with Crippen LogP contribution >= 0.6 is 11.6 Å². The second kappa shape index (κ2) is 8.84. The Morgan fingerprint density at radius 3 is 2.51 bits per heavy atom. The molecule has 1 saturated carbocycles. The first-order valence-electron chi connectivity index (χ1n) is 12.7. The summed E-state index contributed by atoms with van der Waals surface area (Å²) in [5.41, 5.74) is 13.4. The first-order chi connectivity index (χ1) is 16.9. The van der Waals surface area contributed by atoms with Crippen molar-refractivity contribution in [1.82, 2.24) is 14.4 Å². The fourth-order valence-electron chi connectivity index (χ4n) is 5.69. The molecule has 3 heterocycles. The van der Waals surface area contributed by atoms with Gasteiger partial charge >= 0.3 is 0 Å². The van der Waals surface area contributed by atoms with Gasteiger partial charge in [0, 0.05) is 56.4 Å². The second-order valence-electron chi connectivity index (χ2n) is 10.4. The average Bonchev–Trinajstić information content (AvgIpc) is 3.60. The van der Waals surface area contributed by atoms with Crippen molar-refractivity contribution in [2.24, 2.45) is 7.05 Å². The van der Waals surface area contributed by atoms with Crippen LogP contribution in [-0.2, 0) is 18.2 Å². The van der Waals surface area contributed by atoms with Crippen molar-refractivity contribution in [3.05, 3.63) is 63.3 Å². The molecule has 0 unspecified atom stereocenters. The van der Waals surface area contributed by atoms with Crippen molar-refractivity contribution in [3.63, 3.8) is 0 Å². The Balaban J connectivity index is 1.30. The van der Waals surface area contributed by atoms with Crippen LogP contribution in [0.25, 0.3) is 10.9 Å². The van der Waals surface area contributed by atoms with E-state index in [0.29, 0.717) is 29.0 Å². The zero-order chi connectivity index (χ0) is 24.3. The third kappa shape index (κ3) is 4.11. The van der Waals surface area contributed by atoms with Crippen LogP contribution in [-0.4, -0.2) is 65.7 Å². The zero-order valence-corrected chi connectivity index (χ0v) is 21.3. The highest BCUT2D eigenvalue weighted by molar-refractivity contribution is 6.34. The van der Waals surface area contributed by atoms with Crippen molar-refractivity contribution in [1.29, 1.82) is 0 Å². The molecule has 0 radical (unpaired) electrons. The van der Waals surface area contributed by atoms with Gasteiger partial charge in [-0.05, 0) is 66.6 Å². The fraction of sp³-hybridized carbons (Fsp3) is 0.464. The van der Waals surface area contributed by atoms with E-state index in [-0.39, 0.29) is 5.91 Å². The number of ether oxygens (including phenoxy) is 1. The molecule has 6 nitrogen and oxygen atoms in total. The lowest BCUT2D eigenvalue weighted by molar-refractivity contribution is -0.0746. The number of anilines is 1. The molecule has 2 aromatic carbocycles. The minimum Gasteiger partial charge on any atom is -0.399 e. The second-order valence-corrected chi connectivity index (χ2v) is 10.8. The topological polar surface area (TPSA) is 63.7 Å². The van der Waals surface area contributed by atoms with Gasteiger partial charge in [0.1, 0.15) is 0 Å². The van der Waals surface area contributed by atoms with Gasteiger partial charge in [-0.1, -0.05) is 17.7 Å². The monoisotopic (exact) mass is 492 g/mol. The highest BCUT2D eigenvalue weighted by Crippen LogP contribution is 2.45. The molecule has 3 aromatic rings. The molecule has 3 fully saturated rings. The van der Waals surface area contributed by atoms with E-state index < -0.39 is 0 Å². The number of rotatable bonds is 5. The van der Waals surface area contributed by atoms with Crippen molar-refractivity contribution in [3.8, 4) is 0 Å². The number of halogens is 1. The molecule has 0 bridgehead atoms. The first kappa shape index (κ1) is 22.9. The summed E-state index contributed by atoms with van der Waals surface area (Å²) in [6, 6.07) is 10.9. The van der Waals surface area contributed by atoms with E-state index in [9.17, 15) is 4.79 Å². The smallest absolute Gasteiger partial charge is 0.255 e. The molecule has 1 aliphatic carbocycles. The molecular weight excluding hydrogens is 460 g/mol. The maximum Gasteiger partial charge on any atom is 0.255 e. The Morgan fingerprint density at radius 1 is 1.11 bits per heavy atom. The SMILES string of the molecule is Cc1cc(N)cc2c1cc(Cc1c(C3CC3)ccc(C(=O)N3CCN(C4COC4)CC3)c1Cl)n2C. The van der Waals surface area contributed by atoms with Gasteiger partial charge in [0.05, 0.1) is 35.4 Å². The highest BCUT2D eigenvalue weighted by atomic mass is 35.5. The Labute approximate surface area is 211 Å². The number of benzene rings is 2. The van der Waals surface area contributed by atoms with E-state index in [0.717, 1.165) is 56.2 Å². The van der Waals surface area contributed by atoms with Crippen LogP contribution in [0.5, 0.6) is 0 Å². The molecule has 2 aliphatic heterocycles. The Morgan fingerprint density at radius 2 is 1.86 bits per heavy atom. The number of piperazine rings is 1. The molecule has 7 heteroatoms. The van der Waals surface area contributed by atoms with E-state index >= 15 is 0 Å². The number of carbonyl (C=O) groups excluding carboxylic acids is 1. The molecule has 0 spiro atoms. The minimum absolute atomic E-state index is 0.0452. The first-order valence-corrected chi connectivity index (χ1v) is 13.0. The van der Waals surface area contributed by atoms with Gasteiger partial charge in [-0.15, -0.1) is 0 Å². The zero-order valence-electron chi connectivity index (χ0n) is 20.5. The van der Waals surface area contributed by atoms with E-state index in [1.165, 1.54) is 35.0 Å². The molecule has 184 valence electrons. The summed E-state index contributed by atoms with van der Waals surface area (Å²) in [6.45, 7) is 6.97. The Bertz CT molecular complexity index is 1300. The quantitative estimate of drug-likeness (QED) is 0.538. The van der Waals surface area contributed by atoms with Crippen LogP contribution in [0.3, 0.4) is 0 Å². The van der Waals surface area contributed by atoms with Crippen molar-refractivity contribution in [2.45, 2.75) is 38.1 Å². The lowest BCUT2D eigenvalue weighted by atomic mass is 9.95. The van der Waals surface area contributed by atoms with Crippen LogP contribution in [0.4, 0.5) is 5.69 Å². The predicted molar refractivity (Wildman–Crippen MR) is 140 cm³/mol. The maximum absolute atomic E-state index is 13.6. The minimum atomic E-state index is 0.0452. The van der Waals surface area contributed by atoms with E-state index in [4.69, 9.17) is 22.1 Å². The Hall–Kier alpha value is -2.54. The normalized spacial score (nSPS) is 19.3. The van der Waals surface area contributed by atoms with Gasteiger partial charge in [0.25, 0.3) is 5.91 Å². The Kier molecular flexibility index (Phi) is 5.78. The summed E-state index contributed by atoms with van der Waals surface area (Å²) in [6.07, 6.45) is 3.08. The van der Waals surface area contributed by atoms with E-state index in [1.807, 2.05) is 23.1 Å². The maximum atomic E-state index is 13.6. The standard InChI is InChI=1S/C28H33ClN4O2/c1-17-11-19(30)12-26-24(17)13-20(31(26)2)14-25-22(18-3-4-18)5-6-23(27(25)29)28(34)33-9-7-32(8-10-33)21-15-35-16-21/h5-6,11-13,18,21H,3-4,7-10,14-16,30H2,1-2H3. The van der Waals surface area contributed by atoms with Crippen LogP contribution in [0, 0.1) is 6.92 Å². The van der Waals surface area contributed by atoms with Gasteiger partial charge < -0.3 is 19.9 Å². The largest absolute Gasteiger partial charge is 0.399 e. The van der Waals surface area contributed by atoms with Crippen LogP contribution in [0.15, 0.2) is 30.3 Å². The number of nitrogens with two attached hydrogens (primary N) is 1. The third-order valence-electron chi connectivity index (χ3n) is 8.11. The summed E-state index contributed by atoms with van der Waals surface area (Å²) < 4.78 is 7.55. The predicted octanol–water partition coefficient (Wildman–Crippen LogP) is 4.35. The number of aryl methyl sites for hydroxylation is 2. The van der Waals surface area contributed by atoms with Gasteiger partial charge in [0.15, 0.2) is 0 Å². The van der Waals surface area contributed by atoms with Gasteiger partial charge in [-0.2, -0.15) is 0 Å². The molecule has 3 aliphatic rings.